The molecule has 2 rings (SSSR count). The smallest absolute Gasteiger partial charge is 0.432 e. The first kappa shape index (κ1) is 28.4. The summed E-state index contributed by atoms with van der Waals surface area (Å²) in [5.74, 6) is -3.35. The summed E-state index contributed by atoms with van der Waals surface area (Å²) in [7, 11) is 0.758. The molecule has 0 aromatic heterocycles. The van der Waals surface area contributed by atoms with E-state index in [-0.39, 0.29) is 6.42 Å². The molecule has 1 aromatic rings. The first-order chi connectivity index (χ1) is 15.9. The number of hydrogen-bond donors (Lipinski definition) is 1. The number of ether oxygens (including phenoxy) is 4. The quantitative estimate of drug-likeness (QED) is 0.438. The van der Waals surface area contributed by atoms with Crippen molar-refractivity contribution in [2.24, 2.45) is 5.92 Å². The van der Waals surface area contributed by atoms with Gasteiger partial charge in [-0.1, -0.05) is 30.3 Å². The van der Waals surface area contributed by atoms with Crippen molar-refractivity contribution in [3.63, 3.8) is 0 Å². The summed E-state index contributed by atoms with van der Waals surface area (Å²) in [4.78, 5) is 38.1. The molecule has 35 heavy (non-hydrogen) atoms. The van der Waals surface area contributed by atoms with Crippen LogP contribution >= 0.6 is 0 Å². The molecule has 0 bridgehead atoms. The van der Waals surface area contributed by atoms with E-state index in [1.165, 1.54) is 18.2 Å². The van der Waals surface area contributed by atoms with Crippen LogP contribution in [0.4, 0.5) is 18.0 Å². The molecule has 1 N–H and O–H groups in total. The number of alkyl halides is 3. The van der Waals surface area contributed by atoms with Gasteiger partial charge in [0.1, 0.15) is 16.7 Å². The predicted octanol–water partition coefficient (Wildman–Crippen LogP) is 4.26. The molecule has 0 radical (unpaired) electrons. The fourth-order valence-corrected chi connectivity index (χ4v) is 3.50. The first-order valence-corrected chi connectivity index (χ1v) is 11.0. The molecule has 1 aliphatic rings. The number of amides is 1. The van der Waals surface area contributed by atoms with Crippen molar-refractivity contribution in [3.8, 4) is 0 Å². The lowest BCUT2D eigenvalue weighted by molar-refractivity contribution is -0.276. The minimum absolute atomic E-state index is 0.0221. The van der Waals surface area contributed by atoms with E-state index in [2.05, 4.69) is 5.32 Å². The Kier molecular flexibility index (Phi) is 7.86. The highest BCUT2D eigenvalue weighted by atomic mass is 19.4. The molecular weight excluding hydrogens is 471 g/mol. The SMILES string of the molecule is CO[C@@](C(=O)OC[C@@H]1C[C@@]1(NC(=O)OC(C)(C)C)C(=O)OC(C)(C)C)(c1ccccc1)C(F)(F)F. The summed E-state index contributed by atoms with van der Waals surface area (Å²) in [6, 6.07) is 6.37. The van der Waals surface area contributed by atoms with Crippen molar-refractivity contribution in [1.82, 2.24) is 5.32 Å². The maximum atomic E-state index is 14.1. The summed E-state index contributed by atoms with van der Waals surface area (Å²) in [6.07, 6.45) is -6.07. The summed E-state index contributed by atoms with van der Waals surface area (Å²) in [5, 5.41) is 2.45. The van der Waals surface area contributed by atoms with Gasteiger partial charge in [-0.2, -0.15) is 13.2 Å². The largest absolute Gasteiger partial charge is 0.463 e. The van der Waals surface area contributed by atoms with Gasteiger partial charge in [0.05, 0.1) is 6.61 Å². The third-order valence-electron chi connectivity index (χ3n) is 5.18. The van der Waals surface area contributed by atoms with Gasteiger partial charge in [-0.15, -0.1) is 0 Å². The molecule has 0 spiro atoms. The average molecular weight is 504 g/mol. The number of hydrogen-bond acceptors (Lipinski definition) is 7. The van der Waals surface area contributed by atoms with Gasteiger partial charge in [0.25, 0.3) is 5.60 Å². The molecule has 8 nitrogen and oxygen atoms in total. The topological polar surface area (TPSA) is 100 Å². The van der Waals surface area contributed by atoms with Crippen LogP contribution in [0.25, 0.3) is 0 Å². The summed E-state index contributed by atoms with van der Waals surface area (Å²) >= 11 is 0. The van der Waals surface area contributed by atoms with Crippen LogP contribution in [0.15, 0.2) is 30.3 Å². The van der Waals surface area contributed by atoms with Crippen molar-refractivity contribution in [1.29, 1.82) is 0 Å². The van der Waals surface area contributed by atoms with Gasteiger partial charge in [0, 0.05) is 18.6 Å². The van der Waals surface area contributed by atoms with Crippen LogP contribution < -0.4 is 5.32 Å². The molecule has 1 aromatic carbocycles. The minimum atomic E-state index is -5.14. The Morgan fingerprint density at radius 1 is 0.971 bits per heavy atom. The van der Waals surface area contributed by atoms with E-state index in [0.717, 1.165) is 19.2 Å². The van der Waals surface area contributed by atoms with Crippen molar-refractivity contribution < 1.29 is 46.5 Å². The second-order valence-electron chi connectivity index (χ2n) is 10.3. The van der Waals surface area contributed by atoms with Gasteiger partial charge in [0.15, 0.2) is 0 Å². The highest BCUT2D eigenvalue weighted by Crippen LogP contribution is 2.47. The van der Waals surface area contributed by atoms with Gasteiger partial charge in [-0.3, -0.25) is 0 Å². The van der Waals surface area contributed by atoms with E-state index in [0.29, 0.717) is 0 Å². The number of rotatable bonds is 7. The molecule has 1 aliphatic carbocycles. The number of carbonyl (C=O) groups is 3. The molecule has 196 valence electrons. The fourth-order valence-electron chi connectivity index (χ4n) is 3.50. The number of esters is 2. The highest BCUT2D eigenvalue weighted by molar-refractivity contribution is 5.90. The van der Waals surface area contributed by atoms with Gasteiger partial charge in [-0.05, 0) is 48.0 Å². The molecule has 11 heteroatoms. The number of methoxy groups -OCH3 is 1. The molecule has 0 heterocycles. The molecule has 0 unspecified atom stereocenters. The van der Waals surface area contributed by atoms with Crippen molar-refractivity contribution in [2.45, 2.75) is 76.5 Å². The van der Waals surface area contributed by atoms with Crippen LogP contribution in [-0.2, 0) is 34.1 Å². The second-order valence-corrected chi connectivity index (χ2v) is 10.3. The van der Waals surface area contributed by atoms with E-state index in [4.69, 9.17) is 18.9 Å². The minimum Gasteiger partial charge on any atom is -0.463 e. The van der Waals surface area contributed by atoms with E-state index >= 15 is 0 Å². The summed E-state index contributed by atoms with van der Waals surface area (Å²) in [5.41, 5.74) is -7.21. The molecule has 1 amide bonds. The zero-order valence-corrected chi connectivity index (χ0v) is 20.9. The maximum absolute atomic E-state index is 14.1. The Morgan fingerprint density at radius 2 is 1.51 bits per heavy atom. The monoisotopic (exact) mass is 503 g/mol. The van der Waals surface area contributed by atoms with E-state index in [1.54, 1.807) is 41.5 Å². The lowest BCUT2D eigenvalue weighted by Crippen LogP contribution is -2.52. The van der Waals surface area contributed by atoms with Crippen LogP contribution in [0.1, 0.15) is 53.5 Å². The van der Waals surface area contributed by atoms with Gasteiger partial charge in [-0.25, -0.2) is 14.4 Å². The highest BCUT2D eigenvalue weighted by Gasteiger charge is 2.67. The van der Waals surface area contributed by atoms with Crippen molar-refractivity contribution >= 4 is 18.0 Å². The Morgan fingerprint density at radius 3 is 1.97 bits per heavy atom. The Hall–Kier alpha value is -2.82. The summed E-state index contributed by atoms with van der Waals surface area (Å²) in [6.45, 7) is 9.17. The van der Waals surface area contributed by atoms with Crippen LogP contribution in [0, 0.1) is 5.92 Å². The number of nitrogens with one attached hydrogen (secondary N) is 1. The standard InChI is InChI=1S/C24H32F3NO7/c1-20(2,3)34-17(29)22(28-19(31)35-21(4,5)6)13-16(22)14-33-18(30)23(32-7,24(25,26)27)15-11-9-8-10-12-15/h8-12,16H,13-14H2,1-7H3,(H,28,31)/t16-,22-,23+/m0/s1. The Balaban J connectivity index is 2.26. The van der Waals surface area contributed by atoms with Crippen LogP contribution in [0.5, 0.6) is 0 Å². The third kappa shape index (κ3) is 6.45. The molecular formula is C24H32F3NO7. The maximum Gasteiger partial charge on any atom is 0.432 e. The molecule has 0 saturated heterocycles. The second kappa shape index (κ2) is 9.67. The third-order valence-corrected chi connectivity index (χ3v) is 5.18. The average Bonchev–Trinajstić information content (AvgIpc) is 3.38. The van der Waals surface area contributed by atoms with Gasteiger partial charge in [0.2, 0.25) is 0 Å². The number of alkyl carbamates (subject to hydrolysis) is 1. The number of halogens is 3. The van der Waals surface area contributed by atoms with E-state index < -0.39 is 64.6 Å². The lowest BCUT2D eigenvalue weighted by atomic mass is 9.93. The molecule has 0 aliphatic heterocycles. The van der Waals surface area contributed by atoms with E-state index in [9.17, 15) is 27.6 Å². The first-order valence-electron chi connectivity index (χ1n) is 11.0. The zero-order chi connectivity index (χ0) is 26.9. The van der Waals surface area contributed by atoms with Crippen LogP contribution in [0.3, 0.4) is 0 Å². The number of benzene rings is 1. The van der Waals surface area contributed by atoms with Gasteiger partial charge >= 0.3 is 24.2 Å². The normalized spacial score (nSPS) is 21.9. The molecule has 1 saturated carbocycles. The van der Waals surface area contributed by atoms with Crippen LogP contribution in [0.2, 0.25) is 0 Å². The fraction of sp³-hybridized carbons (Fsp3) is 0.625. The molecule has 3 atom stereocenters. The van der Waals surface area contributed by atoms with Gasteiger partial charge < -0.3 is 24.3 Å². The van der Waals surface area contributed by atoms with Crippen molar-refractivity contribution in [3.05, 3.63) is 35.9 Å². The van der Waals surface area contributed by atoms with Crippen LogP contribution in [-0.4, -0.2) is 54.7 Å². The lowest BCUT2D eigenvalue weighted by Gasteiger charge is -2.32. The number of carbonyl (C=O) groups excluding carboxylic acids is 3. The van der Waals surface area contributed by atoms with Crippen molar-refractivity contribution in [2.75, 3.05) is 13.7 Å². The Bertz CT molecular complexity index is 937. The predicted molar refractivity (Wildman–Crippen MR) is 118 cm³/mol. The molecule has 1 fully saturated rings. The van der Waals surface area contributed by atoms with E-state index in [1.807, 2.05) is 0 Å². The zero-order valence-electron chi connectivity index (χ0n) is 20.9. The summed E-state index contributed by atoms with van der Waals surface area (Å²) < 4.78 is 62.6. The Labute approximate surface area is 202 Å².